The van der Waals surface area contributed by atoms with Gasteiger partial charge in [0.2, 0.25) is 0 Å². The minimum atomic E-state index is 0.0373. The Labute approximate surface area is 148 Å². The molecule has 2 saturated heterocycles. The molecule has 1 aromatic rings. The summed E-state index contributed by atoms with van der Waals surface area (Å²) in [6.07, 6.45) is 2.25. The van der Waals surface area contributed by atoms with Gasteiger partial charge < -0.3 is 19.1 Å². The zero-order valence-electron chi connectivity index (χ0n) is 15.0. The minimum absolute atomic E-state index is 0.0373. The molecule has 1 atom stereocenters. The molecule has 25 heavy (non-hydrogen) atoms. The first-order chi connectivity index (χ1) is 12.1. The lowest BCUT2D eigenvalue weighted by Crippen LogP contribution is -2.72. The summed E-state index contributed by atoms with van der Waals surface area (Å²) >= 11 is 0. The number of amides is 1. The third-order valence-corrected chi connectivity index (χ3v) is 5.81. The molecular weight excluding hydrogens is 320 g/mol. The van der Waals surface area contributed by atoms with Crippen molar-refractivity contribution in [3.63, 3.8) is 0 Å². The van der Waals surface area contributed by atoms with Crippen molar-refractivity contribution >= 4 is 5.91 Å². The van der Waals surface area contributed by atoms with E-state index >= 15 is 0 Å². The van der Waals surface area contributed by atoms with Gasteiger partial charge in [-0.25, -0.2) is 0 Å². The van der Waals surface area contributed by atoms with Crippen molar-refractivity contribution in [1.29, 1.82) is 0 Å². The number of likely N-dealkylation sites (tertiary alicyclic amines) is 2. The summed E-state index contributed by atoms with van der Waals surface area (Å²) in [6.45, 7) is 4.43. The Kier molecular flexibility index (Phi) is 4.33. The van der Waals surface area contributed by atoms with Gasteiger partial charge in [0.05, 0.1) is 11.1 Å². The number of benzene rings is 1. The third kappa shape index (κ3) is 2.87. The van der Waals surface area contributed by atoms with E-state index in [0.717, 1.165) is 39.1 Å². The quantitative estimate of drug-likeness (QED) is 0.833. The van der Waals surface area contributed by atoms with Crippen molar-refractivity contribution in [2.45, 2.75) is 18.4 Å². The average molecular weight is 346 g/mol. The first-order valence-electron chi connectivity index (χ1n) is 9.01. The molecule has 0 saturated carbocycles. The van der Waals surface area contributed by atoms with E-state index in [4.69, 9.17) is 14.2 Å². The van der Waals surface area contributed by atoms with E-state index in [1.54, 1.807) is 7.11 Å². The monoisotopic (exact) mass is 346 g/mol. The lowest BCUT2D eigenvalue weighted by Gasteiger charge is -2.58. The number of likely N-dealkylation sites (N-methyl/N-ethyl adjacent to an activating group) is 1. The van der Waals surface area contributed by atoms with Gasteiger partial charge in [-0.1, -0.05) is 6.07 Å². The summed E-state index contributed by atoms with van der Waals surface area (Å²) in [5.74, 6) is 1.88. The van der Waals surface area contributed by atoms with E-state index in [-0.39, 0.29) is 11.4 Å². The van der Waals surface area contributed by atoms with Gasteiger partial charge in [0.25, 0.3) is 5.91 Å². The molecule has 0 radical (unpaired) electrons. The van der Waals surface area contributed by atoms with Crippen LogP contribution in [0.3, 0.4) is 0 Å². The zero-order chi connectivity index (χ0) is 17.4. The SMILES string of the molecule is COCC1CCN(C)C2(C1)CN(C(=O)c1cccc3c1OCCO3)C2. The van der Waals surface area contributed by atoms with Crippen molar-refractivity contribution in [2.24, 2.45) is 5.92 Å². The number of carbonyl (C=O) groups excluding carboxylic acids is 1. The second-order valence-electron chi connectivity index (χ2n) is 7.45. The predicted molar refractivity (Wildman–Crippen MR) is 93.3 cm³/mol. The van der Waals surface area contributed by atoms with Gasteiger partial charge in [-0.3, -0.25) is 9.69 Å². The number of ether oxygens (including phenoxy) is 3. The molecule has 0 bridgehead atoms. The second-order valence-corrected chi connectivity index (χ2v) is 7.45. The fraction of sp³-hybridized carbons (Fsp3) is 0.632. The summed E-state index contributed by atoms with van der Waals surface area (Å²) in [5.41, 5.74) is 0.711. The van der Waals surface area contributed by atoms with Crippen LogP contribution in [0.4, 0.5) is 0 Å². The smallest absolute Gasteiger partial charge is 0.257 e. The fourth-order valence-electron chi connectivity index (χ4n) is 4.38. The Hall–Kier alpha value is -1.79. The summed E-state index contributed by atoms with van der Waals surface area (Å²) in [5, 5.41) is 0. The van der Waals surface area contributed by atoms with Crippen LogP contribution in [0.1, 0.15) is 23.2 Å². The van der Waals surface area contributed by atoms with Crippen molar-refractivity contribution in [1.82, 2.24) is 9.80 Å². The maximum absolute atomic E-state index is 13.0. The number of hydrogen-bond acceptors (Lipinski definition) is 5. The van der Waals surface area contributed by atoms with Crippen LogP contribution in [0, 0.1) is 5.92 Å². The number of hydrogen-bond donors (Lipinski definition) is 0. The van der Waals surface area contributed by atoms with Crippen LogP contribution in [0.25, 0.3) is 0 Å². The van der Waals surface area contributed by atoms with Gasteiger partial charge in [-0.2, -0.15) is 0 Å². The maximum atomic E-state index is 13.0. The molecule has 6 nitrogen and oxygen atoms in total. The Morgan fingerprint density at radius 1 is 1.32 bits per heavy atom. The highest BCUT2D eigenvalue weighted by atomic mass is 16.6. The van der Waals surface area contributed by atoms with Gasteiger partial charge >= 0.3 is 0 Å². The molecule has 136 valence electrons. The Bertz CT molecular complexity index is 657. The number of fused-ring (bicyclic) bond motifs is 1. The second kappa shape index (κ2) is 6.50. The van der Waals surface area contributed by atoms with E-state index in [9.17, 15) is 4.79 Å². The molecule has 3 heterocycles. The van der Waals surface area contributed by atoms with E-state index in [0.29, 0.717) is 36.2 Å². The molecule has 2 fully saturated rings. The van der Waals surface area contributed by atoms with Crippen LogP contribution in [0.5, 0.6) is 11.5 Å². The van der Waals surface area contributed by atoms with Gasteiger partial charge in [0, 0.05) is 26.8 Å². The van der Waals surface area contributed by atoms with Crippen LogP contribution in [-0.4, -0.2) is 74.9 Å². The standard InChI is InChI=1S/C19H26N2O4/c1-20-7-6-14(11-23-2)10-19(20)12-21(13-19)18(22)15-4-3-5-16-17(15)25-9-8-24-16/h3-5,14H,6-13H2,1-2H3. The Morgan fingerprint density at radius 2 is 2.12 bits per heavy atom. The van der Waals surface area contributed by atoms with Crippen LogP contribution in [0.15, 0.2) is 18.2 Å². The first-order valence-corrected chi connectivity index (χ1v) is 9.01. The summed E-state index contributed by atoms with van der Waals surface area (Å²) in [4.78, 5) is 17.3. The normalized spacial score (nSPS) is 24.9. The number of rotatable bonds is 3. The Balaban J connectivity index is 1.47. The predicted octanol–water partition coefficient (Wildman–Crippen LogP) is 1.64. The lowest BCUT2D eigenvalue weighted by molar-refractivity contribution is -0.0732. The number of para-hydroxylation sites is 1. The fourth-order valence-corrected chi connectivity index (χ4v) is 4.38. The van der Waals surface area contributed by atoms with Gasteiger partial charge in [0.1, 0.15) is 13.2 Å². The zero-order valence-corrected chi connectivity index (χ0v) is 15.0. The minimum Gasteiger partial charge on any atom is -0.486 e. The van der Waals surface area contributed by atoms with Crippen molar-refractivity contribution < 1.29 is 19.0 Å². The van der Waals surface area contributed by atoms with Crippen LogP contribution < -0.4 is 9.47 Å². The molecule has 3 aliphatic rings. The molecule has 1 amide bonds. The van der Waals surface area contributed by atoms with Crippen molar-refractivity contribution in [2.75, 3.05) is 53.6 Å². The largest absolute Gasteiger partial charge is 0.486 e. The molecule has 4 rings (SSSR count). The molecule has 0 N–H and O–H groups in total. The summed E-state index contributed by atoms with van der Waals surface area (Å²) < 4.78 is 16.7. The molecule has 1 unspecified atom stereocenters. The van der Waals surface area contributed by atoms with Gasteiger partial charge in [-0.05, 0) is 44.5 Å². The first kappa shape index (κ1) is 16.7. The number of methoxy groups -OCH3 is 1. The van der Waals surface area contributed by atoms with E-state index in [1.165, 1.54) is 0 Å². The Morgan fingerprint density at radius 3 is 2.92 bits per heavy atom. The lowest BCUT2D eigenvalue weighted by atomic mass is 9.75. The topological polar surface area (TPSA) is 51.2 Å². The molecule has 0 aliphatic carbocycles. The maximum Gasteiger partial charge on any atom is 0.257 e. The third-order valence-electron chi connectivity index (χ3n) is 5.81. The van der Waals surface area contributed by atoms with Gasteiger partial charge in [0.15, 0.2) is 11.5 Å². The van der Waals surface area contributed by atoms with Crippen LogP contribution >= 0.6 is 0 Å². The summed E-state index contributed by atoms with van der Waals surface area (Å²) in [7, 11) is 3.94. The molecule has 1 spiro atoms. The van der Waals surface area contributed by atoms with Crippen LogP contribution in [0.2, 0.25) is 0 Å². The van der Waals surface area contributed by atoms with E-state index in [2.05, 4.69) is 11.9 Å². The molecule has 1 aromatic carbocycles. The molecule has 6 heteroatoms. The van der Waals surface area contributed by atoms with E-state index < -0.39 is 0 Å². The molecule has 3 aliphatic heterocycles. The van der Waals surface area contributed by atoms with Crippen molar-refractivity contribution in [3.8, 4) is 11.5 Å². The number of carbonyl (C=O) groups is 1. The summed E-state index contributed by atoms with van der Waals surface area (Å²) in [6, 6.07) is 5.55. The highest BCUT2D eigenvalue weighted by molar-refractivity contribution is 5.98. The molecular formula is C19H26N2O4. The highest BCUT2D eigenvalue weighted by Gasteiger charge is 2.51. The average Bonchev–Trinajstić information content (AvgIpc) is 2.60. The molecule has 0 aromatic heterocycles. The highest BCUT2D eigenvalue weighted by Crippen LogP contribution is 2.41. The van der Waals surface area contributed by atoms with Crippen LogP contribution in [-0.2, 0) is 4.74 Å². The van der Waals surface area contributed by atoms with E-state index in [1.807, 2.05) is 23.1 Å². The number of piperidine rings is 1. The van der Waals surface area contributed by atoms with Crippen molar-refractivity contribution in [3.05, 3.63) is 23.8 Å². The van der Waals surface area contributed by atoms with Gasteiger partial charge in [-0.15, -0.1) is 0 Å². The number of nitrogens with zero attached hydrogens (tertiary/aromatic N) is 2.